The lowest BCUT2D eigenvalue weighted by molar-refractivity contribution is 0.286. The van der Waals surface area contributed by atoms with Crippen LogP contribution < -0.4 is 10.5 Å². The van der Waals surface area contributed by atoms with Crippen molar-refractivity contribution in [3.63, 3.8) is 0 Å². The van der Waals surface area contributed by atoms with Crippen LogP contribution in [0.2, 0.25) is 0 Å². The van der Waals surface area contributed by atoms with E-state index in [1.807, 2.05) is 35.9 Å². The van der Waals surface area contributed by atoms with E-state index in [1.165, 1.54) is 0 Å². The molecule has 0 aliphatic rings. The molecule has 5 nitrogen and oxygen atoms in total. The third-order valence-corrected chi connectivity index (χ3v) is 2.88. The maximum Gasteiger partial charge on any atom is 0.164 e. The predicted octanol–water partition coefficient (Wildman–Crippen LogP) is 2.29. The van der Waals surface area contributed by atoms with E-state index in [-0.39, 0.29) is 6.04 Å². The molecule has 0 fully saturated rings. The summed E-state index contributed by atoms with van der Waals surface area (Å²) in [7, 11) is 0. The van der Waals surface area contributed by atoms with Gasteiger partial charge in [-0.15, -0.1) is 0 Å². The smallest absolute Gasteiger partial charge is 0.164 e. The Hall–Kier alpha value is -1.88. The fourth-order valence-electron chi connectivity index (χ4n) is 1.83. The fraction of sp³-hybridized carbons (Fsp3) is 0.429. The van der Waals surface area contributed by atoms with Gasteiger partial charge in [-0.25, -0.2) is 9.67 Å². The van der Waals surface area contributed by atoms with Gasteiger partial charge in [0.05, 0.1) is 0 Å². The Kier molecular flexibility index (Phi) is 4.52. The zero-order chi connectivity index (χ0) is 13.7. The summed E-state index contributed by atoms with van der Waals surface area (Å²) in [5.41, 5.74) is 6.92. The molecule has 0 bridgehead atoms. The summed E-state index contributed by atoms with van der Waals surface area (Å²) in [4.78, 5) is 4.21. The van der Waals surface area contributed by atoms with Crippen molar-refractivity contribution in [3.05, 3.63) is 42.0 Å². The van der Waals surface area contributed by atoms with Crippen molar-refractivity contribution in [3.8, 4) is 5.75 Å². The number of rotatable bonds is 6. The number of hydrogen-bond acceptors (Lipinski definition) is 4. The second kappa shape index (κ2) is 6.33. The van der Waals surface area contributed by atoms with Gasteiger partial charge in [0.25, 0.3) is 0 Å². The van der Waals surface area contributed by atoms with Gasteiger partial charge >= 0.3 is 0 Å². The van der Waals surface area contributed by atoms with Gasteiger partial charge in [0.15, 0.2) is 5.82 Å². The van der Waals surface area contributed by atoms with Crippen molar-refractivity contribution in [2.24, 2.45) is 5.73 Å². The fourth-order valence-corrected chi connectivity index (χ4v) is 1.83. The number of aryl methyl sites for hydroxylation is 1. The second-order valence-corrected chi connectivity index (χ2v) is 4.55. The van der Waals surface area contributed by atoms with Crippen molar-refractivity contribution in [2.75, 3.05) is 0 Å². The van der Waals surface area contributed by atoms with Crippen molar-refractivity contribution in [1.29, 1.82) is 0 Å². The molecule has 102 valence electrons. The van der Waals surface area contributed by atoms with Crippen molar-refractivity contribution in [2.45, 2.75) is 39.5 Å². The quantitative estimate of drug-likeness (QED) is 0.865. The summed E-state index contributed by atoms with van der Waals surface area (Å²) < 4.78 is 7.62. The zero-order valence-corrected chi connectivity index (χ0v) is 11.4. The number of nitrogens with two attached hydrogens (primary N) is 1. The van der Waals surface area contributed by atoms with Gasteiger partial charge in [0, 0.05) is 12.6 Å². The highest BCUT2D eigenvalue weighted by molar-refractivity contribution is 5.30. The van der Waals surface area contributed by atoms with E-state index >= 15 is 0 Å². The maximum absolute atomic E-state index is 5.85. The molecule has 0 aliphatic carbocycles. The highest BCUT2D eigenvalue weighted by atomic mass is 16.5. The average molecular weight is 260 g/mol. The summed E-state index contributed by atoms with van der Waals surface area (Å²) in [6.45, 7) is 5.34. The van der Waals surface area contributed by atoms with Crippen LogP contribution in [-0.4, -0.2) is 14.8 Å². The Balaban J connectivity index is 2.02. The van der Waals surface area contributed by atoms with Crippen LogP contribution in [0.5, 0.6) is 5.75 Å². The first-order valence-corrected chi connectivity index (χ1v) is 6.55. The van der Waals surface area contributed by atoms with Gasteiger partial charge in [0.1, 0.15) is 18.7 Å². The first kappa shape index (κ1) is 13.5. The number of hydrogen-bond donors (Lipinski definition) is 1. The molecule has 19 heavy (non-hydrogen) atoms. The molecule has 0 aliphatic heterocycles. The Morgan fingerprint density at radius 1 is 1.42 bits per heavy atom. The van der Waals surface area contributed by atoms with Gasteiger partial charge in [-0.1, -0.05) is 19.1 Å². The monoisotopic (exact) mass is 260 g/mol. The SMILES string of the molecule is CCCn1ncnc1COc1cccc([C@@H](C)N)c1. The number of ether oxygens (including phenoxy) is 1. The topological polar surface area (TPSA) is 66.0 Å². The summed E-state index contributed by atoms with van der Waals surface area (Å²) in [6, 6.07) is 7.84. The number of nitrogens with zero attached hydrogens (tertiary/aromatic N) is 3. The highest BCUT2D eigenvalue weighted by Gasteiger charge is 2.05. The molecule has 0 radical (unpaired) electrons. The summed E-state index contributed by atoms with van der Waals surface area (Å²) >= 11 is 0. The largest absolute Gasteiger partial charge is 0.486 e. The molecular formula is C14H20N4O. The molecule has 0 amide bonds. The van der Waals surface area contributed by atoms with Gasteiger partial charge < -0.3 is 10.5 Å². The normalized spacial score (nSPS) is 12.4. The first-order chi connectivity index (χ1) is 9.20. The van der Waals surface area contributed by atoms with E-state index in [9.17, 15) is 0 Å². The van der Waals surface area contributed by atoms with Crippen molar-refractivity contribution < 1.29 is 4.74 Å². The standard InChI is InChI=1S/C14H20N4O/c1-3-7-18-14(16-10-17-18)9-19-13-6-4-5-12(8-13)11(2)15/h4-6,8,10-11H,3,7,9,15H2,1-2H3/t11-/m1/s1. The molecule has 2 N–H and O–H groups in total. The van der Waals surface area contributed by atoms with Gasteiger partial charge in [-0.05, 0) is 31.0 Å². The molecule has 1 atom stereocenters. The van der Waals surface area contributed by atoms with Crippen LogP contribution in [0.15, 0.2) is 30.6 Å². The van der Waals surface area contributed by atoms with E-state index in [0.717, 1.165) is 30.1 Å². The van der Waals surface area contributed by atoms with Crippen LogP contribution >= 0.6 is 0 Å². The molecule has 2 aromatic rings. The number of aromatic nitrogens is 3. The van der Waals surface area contributed by atoms with E-state index in [1.54, 1.807) is 6.33 Å². The minimum Gasteiger partial charge on any atom is -0.486 e. The van der Waals surface area contributed by atoms with Crippen LogP contribution in [-0.2, 0) is 13.2 Å². The van der Waals surface area contributed by atoms with Gasteiger partial charge in [-0.3, -0.25) is 0 Å². The number of benzene rings is 1. The molecule has 1 heterocycles. The van der Waals surface area contributed by atoms with Crippen molar-refractivity contribution >= 4 is 0 Å². The minimum absolute atomic E-state index is 0.00675. The van der Waals surface area contributed by atoms with Crippen LogP contribution in [0.3, 0.4) is 0 Å². The molecule has 2 rings (SSSR count). The van der Waals surface area contributed by atoms with Crippen LogP contribution in [0, 0.1) is 0 Å². The molecule has 0 unspecified atom stereocenters. The Morgan fingerprint density at radius 3 is 3.00 bits per heavy atom. The van der Waals surface area contributed by atoms with E-state index in [4.69, 9.17) is 10.5 Å². The highest BCUT2D eigenvalue weighted by Crippen LogP contribution is 2.18. The van der Waals surface area contributed by atoms with Gasteiger partial charge in [-0.2, -0.15) is 5.10 Å². The first-order valence-electron chi connectivity index (χ1n) is 6.55. The second-order valence-electron chi connectivity index (χ2n) is 4.55. The van der Waals surface area contributed by atoms with Crippen LogP contribution in [0.1, 0.15) is 37.7 Å². The molecule has 1 aromatic carbocycles. The zero-order valence-electron chi connectivity index (χ0n) is 11.4. The molecule has 1 aromatic heterocycles. The van der Waals surface area contributed by atoms with E-state index in [0.29, 0.717) is 6.61 Å². The lowest BCUT2D eigenvalue weighted by Gasteiger charge is -2.10. The van der Waals surface area contributed by atoms with E-state index in [2.05, 4.69) is 17.0 Å². The molecular weight excluding hydrogens is 240 g/mol. The summed E-state index contributed by atoms with van der Waals surface area (Å²) in [6.07, 6.45) is 2.59. The average Bonchev–Trinajstić information content (AvgIpc) is 2.85. The summed E-state index contributed by atoms with van der Waals surface area (Å²) in [5, 5.41) is 4.17. The predicted molar refractivity (Wildman–Crippen MR) is 73.7 cm³/mol. The molecule has 5 heteroatoms. The molecule has 0 saturated heterocycles. The Labute approximate surface area is 113 Å². The van der Waals surface area contributed by atoms with Gasteiger partial charge in [0.2, 0.25) is 0 Å². The minimum atomic E-state index is 0.00675. The van der Waals surface area contributed by atoms with Crippen molar-refractivity contribution in [1.82, 2.24) is 14.8 Å². The lowest BCUT2D eigenvalue weighted by atomic mass is 10.1. The Morgan fingerprint density at radius 2 is 2.26 bits per heavy atom. The third kappa shape index (κ3) is 3.54. The van der Waals surface area contributed by atoms with E-state index < -0.39 is 0 Å². The Bertz CT molecular complexity index is 522. The van der Waals surface area contributed by atoms with Crippen LogP contribution in [0.25, 0.3) is 0 Å². The lowest BCUT2D eigenvalue weighted by Crippen LogP contribution is -2.09. The summed E-state index contributed by atoms with van der Waals surface area (Å²) in [5.74, 6) is 1.65. The molecule has 0 saturated carbocycles. The third-order valence-electron chi connectivity index (χ3n) is 2.88. The maximum atomic E-state index is 5.85. The molecule has 0 spiro atoms. The van der Waals surface area contributed by atoms with Crippen LogP contribution in [0.4, 0.5) is 0 Å².